The van der Waals surface area contributed by atoms with Crippen LogP contribution in [0, 0.1) is 0 Å². The van der Waals surface area contributed by atoms with Crippen molar-refractivity contribution in [2.75, 3.05) is 5.75 Å². The molecule has 0 heterocycles. The summed E-state index contributed by atoms with van der Waals surface area (Å²) >= 11 is 4.80. The molecule has 1 aromatic rings. The maximum Gasteiger partial charge on any atom is 0.304 e. The Morgan fingerprint density at radius 1 is 1.39 bits per heavy atom. The first kappa shape index (κ1) is 14.6. The molecule has 5 nitrogen and oxygen atoms in total. The molecule has 0 saturated carbocycles. The van der Waals surface area contributed by atoms with Gasteiger partial charge in [0.1, 0.15) is 4.99 Å². The number of nitrogens with two attached hydrogens (primary N) is 1. The molecule has 7 heteroatoms. The van der Waals surface area contributed by atoms with E-state index in [1.165, 1.54) is 0 Å². The smallest absolute Gasteiger partial charge is 0.304 e. The molecule has 0 fully saturated rings. The average Bonchev–Trinajstić information content (AvgIpc) is 2.26. The molecular formula is C11H13NO4S2. The summed E-state index contributed by atoms with van der Waals surface area (Å²) in [6, 6.07) is 6.59. The van der Waals surface area contributed by atoms with Crippen LogP contribution in [0.1, 0.15) is 17.5 Å². The summed E-state index contributed by atoms with van der Waals surface area (Å²) < 4.78 is 23.3. The zero-order valence-corrected chi connectivity index (χ0v) is 11.1. The summed E-state index contributed by atoms with van der Waals surface area (Å²) in [6.07, 6.45) is -0.392. The quantitative estimate of drug-likeness (QED) is 0.748. The first-order chi connectivity index (χ1) is 8.30. The first-order valence-electron chi connectivity index (χ1n) is 5.11. The van der Waals surface area contributed by atoms with Crippen LogP contribution in [0.5, 0.6) is 0 Å². The Hall–Kier alpha value is -1.47. The van der Waals surface area contributed by atoms with E-state index in [4.69, 9.17) is 23.1 Å². The Balaban J connectivity index is 2.81. The van der Waals surface area contributed by atoms with Gasteiger partial charge in [-0.25, -0.2) is 8.42 Å². The van der Waals surface area contributed by atoms with Gasteiger partial charge in [-0.3, -0.25) is 4.79 Å². The van der Waals surface area contributed by atoms with Crippen molar-refractivity contribution in [3.05, 3.63) is 35.4 Å². The molecule has 0 aromatic heterocycles. The van der Waals surface area contributed by atoms with Gasteiger partial charge in [-0.1, -0.05) is 30.4 Å². The monoisotopic (exact) mass is 287 g/mol. The molecule has 0 atom stereocenters. The highest BCUT2D eigenvalue weighted by Gasteiger charge is 2.14. The Morgan fingerprint density at radius 3 is 2.61 bits per heavy atom. The molecule has 0 radical (unpaired) electrons. The highest BCUT2D eigenvalue weighted by Crippen LogP contribution is 2.10. The Bertz CT molecular complexity index is 566. The van der Waals surface area contributed by atoms with E-state index in [0.717, 1.165) is 0 Å². The number of carboxylic acids is 1. The summed E-state index contributed by atoms with van der Waals surface area (Å²) in [4.78, 5) is 10.5. The maximum atomic E-state index is 11.7. The minimum Gasteiger partial charge on any atom is -0.481 e. The average molecular weight is 287 g/mol. The number of thiocarbonyl (C=S) groups is 1. The number of hydrogen-bond donors (Lipinski definition) is 2. The number of benzene rings is 1. The summed E-state index contributed by atoms with van der Waals surface area (Å²) in [5.74, 6) is -1.72. The van der Waals surface area contributed by atoms with Gasteiger partial charge in [-0.15, -0.1) is 0 Å². The van der Waals surface area contributed by atoms with Crippen molar-refractivity contribution >= 4 is 33.0 Å². The van der Waals surface area contributed by atoms with Gasteiger partial charge in [-0.05, 0) is 11.6 Å². The van der Waals surface area contributed by atoms with Crippen molar-refractivity contribution in [2.24, 2.45) is 5.73 Å². The van der Waals surface area contributed by atoms with E-state index >= 15 is 0 Å². The number of sulfone groups is 1. The van der Waals surface area contributed by atoms with Crippen LogP contribution in [0.3, 0.4) is 0 Å². The number of aliphatic carboxylic acids is 1. The fourth-order valence-electron chi connectivity index (χ4n) is 1.38. The van der Waals surface area contributed by atoms with E-state index < -0.39 is 22.2 Å². The fourth-order valence-corrected chi connectivity index (χ4v) is 2.83. The second kappa shape index (κ2) is 5.92. The Kier molecular flexibility index (Phi) is 4.80. The van der Waals surface area contributed by atoms with Gasteiger partial charge in [0.25, 0.3) is 0 Å². The van der Waals surface area contributed by atoms with Crippen LogP contribution in [0.15, 0.2) is 24.3 Å². The van der Waals surface area contributed by atoms with Crippen molar-refractivity contribution in [1.29, 1.82) is 0 Å². The lowest BCUT2D eigenvalue weighted by Crippen LogP contribution is -2.14. The molecule has 0 bridgehead atoms. The summed E-state index contributed by atoms with van der Waals surface area (Å²) in [5.41, 5.74) is 6.59. The fraction of sp³-hybridized carbons (Fsp3) is 0.273. The van der Waals surface area contributed by atoms with Crippen LogP contribution in [0.4, 0.5) is 0 Å². The van der Waals surface area contributed by atoms with Gasteiger partial charge in [0.15, 0.2) is 9.84 Å². The molecule has 98 valence electrons. The molecule has 0 saturated heterocycles. The second-order valence-corrected chi connectivity index (χ2v) is 6.42. The number of carbonyl (C=O) groups is 1. The highest BCUT2D eigenvalue weighted by atomic mass is 32.2. The molecule has 0 aliphatic heterocycles. The van der Waals surface area contributed by atoms with Gasteiger partial charge >= 0.3 is 5.97 Å². The standard InChI is InChI=1S/C11H13NO4S2/c12-11(17)9-3-1-2-8(6-9)7-18(15,16)5-4-10(13)14/h1-3,6H,4-5,7H2,(H2,12,17)(H,13,14). The highest BCUT2D eigenvalue weighted by molar-refractivity contribution is 7.90. The van der Waals surface area contributed by atoms with Crippen LogP contribution in [-0.2, 0) is 20.4 Å². The predicted molar refractivity (Wildman–Crippen MR) is 72.1 cm³/mol. The van der Waals surface area contributed by atoms with E-state index in [1.807, 2.05) is 0 Å². The van der Waals surface area contributed by atoms with Crippen molar-refractivity contribution < 1.29 is 18.3 Å². The molecule has 3 N–H and O–H groups in total. The third-order valence-electron chi connectivity index (χ3n) is 2.23. The van der Waals surface area contributed by atoms with E-state index in [0.29, 0.717) is 11.1 Å². The third-order valence-corrected chi connectivity index (χ3v) is 4.06. The van der Waals surface area contributed by atoms with Gasteiger partial charge in [0, 0.05) is 5.56 Å². The zero-order valence-electron chi connectivity index (χ0n) is 9.50. The minimum atomic E-state index is -3.44. The van der Waals surface area contributed by atoms with Gasteiger partial charge < -0.3 is 10.8 Å². The van der Waals surface area contributed by atoms with Crippen LogP contribution in [0.25, 0.3) is 0 Å². The largest absolute Gasteiger partial charge is 0.481 e. The summed E-state index contributed by atoms with van der Waals surface area (Å²) in [5, 5.41) is 8.46. The van der Waals surface area contributed by atoms with Crippen LogP contribution in [0.2, 0.25) is 0 Å². The second-order valence-electron chi connectivity index (χ2n) is 3.80. The van der Waals surface area contributed by atoms with Gasteiger partial charge in [-0.2, -0.15) is 0 Å². The number of hydrogen-bond acceptors (Lipinski definition) is 4. The number of rotatable bonds is 6. The lowest BCUT2D eigenvalue weighted by atomic mass is 10.1. The van der Waals surface area contributed by atoms with E-state index in [2.05, 4.69) is 0 Å². The summed E-state index contributed by atoms with van der Waals surface area (Å²) in [7, 11) is -3.44. The molecule has 1 aromatic carbocycles. The van der Waals surface area contributed by atoms with Gasteiger partial charge in [0.05, 0.1) is 17.9 Å². The first-order valence-corrected chi connectivity index (χ1v) is 7.34. The molecule has 18 heavy (non-hydrogen) atoms. The molecule has 0 aliphatic carbocycles. The molecular weight excluding hydrogens is 274 g/mol. The van der Waals surface area contributed by atoms with Crippen LogP contribution >= 0.6 is 12.2 Å². The maximum absolute atomic E-state index is 11.7. The lowest BCUT2D eigenvalue weighted by Gasteiger charge is -2.05. The van der Waals surface area contributed by atoms with E-state index in [9.17, 15) is 13.2 Å². The van der Waals surface area contributed by atoms with Crippen molar-refractivity contribution in [3.8, 4) is 0 Å². The van der Waals surface area contributed by atoms with E-state index in [-0.39, 0.29) is 16.5 Å². The third kappa shape index (κ3) is 4.80. The Labute approximate surface area is 111 Å². The zero-order chi connectivity index (χ0) is 13.8. The van der Waals surface area contributed by atoms with Gasteiger partial charge in [0.2, 0.25) is 0 Å². The van der Waals surface area contributed by atoms with E-state index in [1.54, 1.807) is 24.3 Å². The van der Waals surface area contributed by atoms with Crippen molar-refractivity contribution in [2.45, 2.75) is 12.2 Å². The van der Waals surface area contributed by atoms with Crippen molar-refractivity contribution in [1.82, 2.24) is 0 Å². The molecule has 0 aliphatic rings. The normalized spacial score (nSPS) is 11.1. The Morgan fingerprint density at radius 2 is 2.06 bits per heavy atom. The molecule has 0 amide bonds. The molecule has 0 unspecified atom stereocenters. The molecule has 0 spiro atoms. The summed E-state index contributed by atoms with van der Waals surface area (Å²) in [6.45, 7) is 0. The topological polar surface area (TPSA) is 97.5 Å². The predicted octanol–water partition coefficient (Wildman–Crippen LogP) is 0.710. The number of carboxylic acid groups (broad SMARTS) is 1. The van der Waals surface area contributed by atoms with Crippen LogP contribution in [-0.4, -0.2) is 30.2 Å². The molecule has 1 rings (SSSR count). The van der Waals surface area contributed by atoms with Crippen molar-refractivity contribution in [3.63, 3.8) is 0 Å². The lowest BCUT2D eigenvalue weighted by molar-refractivity contribution is -0.136. The van der Waals surface area contributed by atoms with Crippen LogP contribution < -0.4 is 5.73 Å². The SMILES string of the molecule is NC(=S)c1cccc(CS(=O)(=O)CCC(=O)O)c1. The minimum absolute atomic E-state index is 0.194.